The summed E-state index contributed by atoms with van der Waals surface area (Å²) < 4.78 is 16.5. The van der Waals surface area contributed by atoms with Crippen LogP contribution in [-0.2, 0) is 17.8 Å². The minimum atomic E-state index is -0.217. The maximum Gasteiger partial charge on any atom is 0.223 e. The molecule has 4 aromatic rings. The van der Waals surface area contributed by atoms with E-state index in [9.17, 15) is 9.18 Å². The van der Waals surface area contributed by atoms with E-state index in [1.54, 1.807) is 6.07 Å². The van der Waals surface area contributed by atoms with Gasteiger partial charge in [0.1, 0.15) is 5.82 Å². The summed E-state index contributed by atoms with van der Waals surface area (Å²) in [4.78, 5) is 19.9. The highest BCUT2D eigenvalue weighted by Gasteiger charge is 2.27. The van der Waals surface area contributed by atoms with E-state index in [1.165, 1.54) is 6.07 Å². The summed E-state index contributed by atoms with van der Waals surface area (Å²) in [6.45, 7) is 2.48. The van der Waals surface area contributed by atoms with Gasteiger partial charge in [-0.15, -0.1) is 0 Å². The highest BCUT2D eigenvalue weighted by atomic mass is 35.5. The molecule has 5 nitrogen and oxygen atoms in total. The van der Waals surface area contributed by atoms with Crippen molar-refractivity contribution in [2.75, 3.05) is 24.5 Å². The maximum atomic E-state index is 14.4. The van der Waals surface area contributed by atoms with Crippen molar-refractivity contribution in [3.05, 3.63) is 94.8 Å². The maximum absolute atomic E-state index is 14.4. The van der Waals surface area contributed by atoms with Gasteiger partial charge in [-0.2, -0.15) is 0 Å². The molecule has 2 heterocycles. The van der Waals surface area contributed by atoms with Crippen molar-refractivity contribution in [1.29, 1.82) is 0 Å². The summed E-state index contributed by atoms with van der Waals surface area (Å²) in [6, 6.07) is 22.5. The van der Waals surface area contributed by atoms with Gasteiger partial charge in [0.15, 0.2) is 0 Å². The number of rotatable bonds is 7. The monoisotopic (exact) mass is 490 g/mol. The molecular weight excluding hydrogens is 463 g/mol. The largest absolute Gasteiger partial charge is 0.356 e. The fourth-order valence-electron chi connectivity index (χ4n) is 4.72. The normalized spacial score (nSPS) is 14.4. The summed E-state index contributed by atoms with van der Waals surface area (Å²) in [5.74, 6) is 0.709. The van der Waals surface area contributed by atoms with Crippen LogP contribution in [0.4, 0.5) is 10.3 Å². The van der Waals surface area contributed by atoms with Gasteiger partial charge >= 0.3 is 0 Å². The van der Waals surface area contributed by atoms with Crippen molar-refractivity contribution in [3.63, 3.8) is 0 Å². The third kappa shape index (κ3) is 5.33. The van der Waals surface area contributed by atoms with E-state index in [1.807, 2.05) is 60.7 Å². The predicted molar refractivity (Wildman–Crippen MR) is 138 cm³/mol. The summed E-state index contributed by atoms with van der Waals surface area (Å²) >= 11 is 5.94. The van der Waals surface area contributed by atoms with Gasteiger partial charge in [0, 0.05) is 36.1 Å². The quantitative estimate of drug-likeness (QED) is 0.374. The third-order valence-corrected chi connectivity index (χ3v) is 6.95. The van der Waals surface area contributed by atoms with Gasteiger partial charge in [0.25, 0.3) is 0 Å². The molecule has 0 spiro atoms. The van der Waals surface area contributed by atoms with Crippen molar-refractivity contribution in [2.45, 2.75) is 25.8 Å². The minimum Gasteiger partial charge on any atom is -0.356 e. The number of para-hydroxylation sites is 2. The molecule has 0 bridgehead atoms. The lowest BCUT2D eigenvalue weighted by Gasteiger charge is -2.32. The number of anilines is 1. The fourth-order valence-corrected chi connectivity index (χ4v) is 4.85. The Labute approximate surface area is 209 Å². The van der Waals surface area contributed by atoms with Crippen LogP contribution in [0, 0.1) is 11.7 Å². The Morgan fingerprint density at radius 1 is 1.00 bits per heavy atom. The van der Waals surface area contributed by atoms with Crippen LogP contribution in [0.2, 0.25) is 5.02 Å². The van der Waals surface area contributed by atoms with Gasteiger partial charge in [0.05, 0.1) is 17.6 Å². The van der Waals surface area contributed by atoms with Crippen LogP contribution in [-0.4, -0.2) is 35.1 Å². The summed E-state index contributed by atoms with van der Waals surface area (Å²) in [6.07, 6.45) is 2.30. The van der Waals surface area contributed by atoms with Gasteiger partial charge in [-0.25, -0.2) is 9.37 Å². The SMILES string of the molecule is O=C(NCCc1ccc(Cl)cc1)C1CCN(c2nc3ccccc3n2Cc2ccccc2F)CC1. The second kappa shape index (κ2) is 10.5. The standard InChI is InChI=1S/C28H28ClFN4O/c29-23-11-9-20(10-12-23)13-16-31-27(35)21-14-17-33(18-15-21)28-32-25-7-3-4-8-26(25)34(28)19-22-5-1-2-6-24(22)30/h1-12,21H,13-19H2,(H,31,35). The Kier molecular flexibility index (Phi) is 7.00. The number of benzene rings is 3. The zero-order valence-electron chi connectivity index (χ0n) is 19.5. The van der Waals surface area contributed by atoms with Crippen LogP contribution in [0.25, 0.3) is 11.0 Å². The first-order chi connectivity index (χ1) is 17.1. The van der Waals surface area contributed by atoms with Gasteiger partial charge in [0.2, 0.25) is 11.9 Å². The average Bonchev–Trinajstić information content (AvgIpc) is 3.25. The molecule has 1 fully saturated rings. The first kappa shape index (κ1) is 23.4. The Morgan fingerprint density at radius 3 is 2.49 bits per heavy atom. The third-order valence-electron chi connectivity index (χ3n) is 6.70. The summed E-state index contributed by atoms with van der Waals surface area (Å²) in [5.41, 5.74) is 3.65. The number of hydrogen-bond donors (Lipinski definition) is 1. The second-order valence-corrected chi connectivity index (χ2v) is 9.44. The smallest absolute Gasteiger partial charge is 0.223 e. The lowest BCUT2D eigenvalue weighted by atomic mass is 9.96. The van der Waals surface area contributed by atoms with Gasteiger partial charge in [-0.3, -0.25) is 4.79 Å². The van der Waals surface area contributed by atoms with Crippen molar-refractivity contribution < 1.29 is 9.18 Å². The molecule has 3 aromatic carbocycles. The first-order valence-electron chi connectivity index (χ1n) is 12.0. The number of halogens is 2. The van der Waals surface area contributed by atoms with Gasteiger partial charge < -0.3 is 14.8 Å². The van der Waals surface area contributed by atoms with E-state index in [0.717, 1.165) is 54.9 Å². The lowest BCUT2D eigenvalue weighted by molar-refractivity contribution is -0.125. The number of carbonyl (C=O) groups is 1. The van der Waals surface area contributed by atoms with Crippen LogP contribution in [0.1, 0.15) is 24.0 Å². The number of hydrogen-bond acceptors (Lipinski definition) is 3. The Hall–Kier alpha value is -3.38. The van der Waals surface area contributed by atoms with Crippen LogP contribution in [0.15, 0.2) is 72.8 Å². The number of aromatic nitrogens is 2. The van der Waals surface area contributed by atoms with E-state index in [0.29, 0.717) is 23.7 Å². The van der Waals surface area contributed by atoms with Crippen molar-refractivity contribution in [3.8, 4) is 0 Å². The van der Waals surface area contributed by atoms with E-state index < -0.39 is 0 Å². The van der Waals surface area contributed by atoms with E-state index in [-0.39, 0.29) is 17.6 Å². The zero-order valence-corrected chi connectivity index (χ0v) is 20.2. The van der Waals surface area contributed by atoms with Crippen LogP contribution >= 0.6 is 11.6 Å². The van der Waals surface area contributed by atoms with E-state index >= 15 is 0 Å². The molecule has 0 unspecified atom stereocenters. The van der Waals surface area contributed by atoms with E-state index in [4.69, 9.17) is 16.6 Å². The van der Waals surface area contributed by atoms with Crippen molar-refractivity contribution in [2.24, 2.45) is 5.92 Å². The molecule has 0 saturated carbocycles. The van der Waals surface area contributed by atoms with Crippen LogP contribution < -0.4 is 10.2 Å². The molecule has 1 aliphatic rings. The molecule has 1 N–H and O–H groups in total. The van der Waals surface area contributed by atoms with Crippen molar-refractivity contribution in [1.82, 2.24) is 14.9 Å². The summed E-state index contributed by atoms with van der Waals surface area (Å²) in [5, 5.41) is 3.80. The molecule has 0 aliphatic carbocycles. The Balaban J connectivity index is 1.24. The minimum absolute atomic E-state index is 0.0131. The molecule has 1 aliphatic heterocycles. The number of piperidine rings is 1. The number of fused-ring (bicyclic) bond motifs is 1. The van der Waals surface area contributed by atoms with E-state index in [2.05, 4.69) is 14.8 Å². The van der Waals surface area contributed by atoms with Crippen LogP contribution in [0.5, 0.6) is 0 Å². The molecule has 5 rings (SSSR count). The molecule has 0 atom stereocenters. The topological polar surface area (TPSA) is 50.2 Å². The molecule has 1 saturated heterocycles. The number of nitrogens with one attached hydrogen (secondary N) is 1. The van der Waals surface area contributed by atoms with Crippen LogP contribution in [0.3, 0.4) is 0 Å². The van der Waals surface area contributed by atoms with Crippen molar-refractivity contribution >= 4 is 34.5 Å². The average molecular weight is 491 g/mol. The number of amides is 1. The molecule has 180 valence electrons. The summed E-state index contributed by atoms with van der Waals surface area (Å²) in [7, 11) is 0. The highest BCUT2D eigenvalue weighted by Crippen LogP contribution is 2.28. The Bertz CT molecular complexity index is 1310. The van der Waals surface area contributed by atoms with Gasteiger partial charge in [-0.1, -0.05) is 54.1 Å². The molecule has 35 heavy (non-hydrogen) atoms. The molecule has 1 amide bonds. The highest BCUT2D eigenvalue weighted by molar-refractivity contribution is 6.30. The van der Waals surface area contributed by atoms with Gasteiger partial charge in [-0.05, 0) is 55.2 Å². The number of nitrogens with zero attached hydrogens (tertiary/aromatic N) is 3. The zero-order chi connectivity index (χ0) is 24.2. The lowest BCUT2D eigenvalue weighted by Crippen LogP contribution is -2.42. The Morgan fingerprint density at radius 2 is 1.71 bits per heavy atom. The molecule has 0 radical (unpaired) electrons. The number of imidazole rings is 1. The number of carbonyl (C=O) groups excluding carboxylic acids is 1. The second-order valence-electron chi connectivity index (χ2n) is 9.01. The molecule has 7 heteroatoms. The predicted octanol–water partition coefficient (Wildman–Crippen LogP) is 5.45. The molecule has 1 aromatic heterocycles. The first-order valence-corrected chi connectivity index (χ1v) is 12.4. The fraction of sp³-hybridized carbons (Fsp3) is 0.286. The molecular formula is C28H28ClFN4O.